The summed E-state index contributed by atoms with van der Waals surface area (Å²) in [5.41, 5.74) is 12.8. The molecule has 0 amide bonds. The zero-order valence-electron chi connectivity index (χ0n) is 10.9. The minimum atomic E-state index is -0.00484. The average Bonchev–Trinajstić information content (AvgIpc) is 2.78. The fourth-order valence-corrected chi connectivity index (χ4v) is 3.79. The summed E-state index contributed by atoms with van der Waals surface area (Å²) in [6.45, 7) is 2.26. The Morgan fingerprint density at radius 2 is 1.59 bits per heavy atom. The molecule has 2 N–H and O–H groups in total. The Morgan fingerprint density at radius 1 is 0.941 bits per heavy atom. The molecule has 1 aromatic carbocycles. The van der Waals surface area contributed by atoms with E-state index in [0.29, 0.717) is 0 Å². The van der Waals surface area contributed by atoms with Crippen LogP contribution in [-0.4, -0.2) is 0 Å². The van der Waals surface area contributed by atoms with Crippen LogP contribution in [0.3, 0.4) is 0 Å². The molecule has 1 aromatic rings. The van der Waals surface area contributed by atoms with Crippen LogP contribution in [0.1, 0.15) is 60.8 Å². The van der Waals surface area contributed by atoms with E-state index < -0.39 is 0 Å². The second-order valence-corrected chi connectivity index (χ2v) is 5.96. The maximum atomic E-state index is 6.65. The highest BCUT2D eigenvalue weighted by Crippen LogP contribution is 2.40. The molecule has 1 heteroatoms. The van der Waals surface area contributed by atoms with E-state index in [0.717, 1.165) is 0 Å². The Hall–Kier alpha value is -0.820. The highest BCUT2D eigenvalue weighted by atomic mass is 14.8. The minimum absolute atomic E-state index is 0.00484. The first-order valence-corrected chi connectivity index (χ1v) is 7.11. The molecule has 0 atom stereocenters. The van der Waals surface area contributed by atoms with E-state index in [1.54, 1.807) is 11.1 Å². The van der Waals surface area contributed by atoms with Crippen LogP contribution in [0.2, 0.25) is 0 Å². The first kappa shape index (κ1) is 11.3. The van der Waals surface area contributed by atoms with Crippen LogP contribution in [0.4, 0.5) is 0 Å². The predicted octanol–water partition coefficient (Wildman–Crippen LogP) is 3.60. The molecule has 92 valence electrons. The van der Waals surface area contributed by atoms with E-state index in [2.05, 4.69) is 19.1 Å². The van der Waals surface area contributed by atoms with Crippen LogP contribution in [0, 0.1) is 6.92 Å². The summed E-state index contributed by atoms with van der Waals surface area (Å²) in [6, 6.07) is 4.62. The SMILES string of the molecule is Cc1ccc(C2(N)CCCC2)c2c1CCCC2. The Bertz CT molecular complexity index is 427. The Kier molecular flexibility index (Phi) is 2.74. The van der Waals surface area contributed by atoms with Crippen molar-refractivity contribution in [3.05, 3.63) is 34.4 Å². The first-order chi connectivity index (χ1) is 8.21. The highest BCUT2D eigenvalue weighted by Gasteiger charge is 2.34. The first-order valence-electron chi connectivity index (χ1n) is 7.11. The molecular weight excluding hydrogens is 206 g/mol. The smallest absolute Gasteiger partial charge is 0.0412 e. The van der Waals surface area contributed by atoms with Gasteiger partial charge in [-0.3, -0.25) is 0 Å². The zero-order chi connectivity index (χ0) is 11.9. The highest BCUT2D eigenvalue weighted by molar-refractivity contribution is 5.45. The number of benzene rings is 1. The van der Waals surface area contributed by atoms with Gasteiger partial charge in [0.1, 0.15) is 0 Å². The molecule has 0 spiro atoms. The lowest BCUT2D eigenvalue weighted by Crippen LogP contribution is -2.35. The maximum absolute atomic E-state index is 6.65. The second-order valence-electron chi connectivity index (χ2n) is 5.96. The van der Waals surface area contributed by atoms with Crippen molar-refractivity contribution >= 4 is 0 Å². The summed E-state index contributed by atoms with van der Waals surface area (Å²) in [5, 5.41) is 0. The van der Waals surface area contributed by atoms with Crippen LogP contribution < -0.4 is 5.73 Å². The van der Waals surface area contributed by atoms with Gasteiger partial charge in [-0.25, -0.2) is 0 Å². The van der Waals surface area contributed by atoms with Crippen molar-refractivity contribution in [2.75, 3.05) is 0 Å². The molecule has 2 aliphatic carbocycles. The van der Waals surface area contributed by atoms with Crippen molar-refractivity contribution in [1.82, 2.24) is 0 Å². The lowest BCUT2D eigenvalue weighted by Gasteiger charge is -2.31. The minimum Gasteiger partial charge on any atom is -0.321 e. The Morgan fingerprint density at radius 3 is 2.29 bits per heavy atom. The number of hydrogen-bond acceptors (Lipinski definition) is 1. The van der Waals surface area contributed by atoms with E-state index in [1.165, 1.54) is 62.5 Å². The number of aryl methyl sites for hydroxylation is 1. The molecule has 0 radical (unpaired) electrons. The lowest BCUT2D eigenvalue weighted by molar-refractivity contribution is 0.453. The Balaban J connectivity index is 2.11. The van der Waals surface area contributed by atoms with Crippen LogP contribution in [0.15, 0.2) is 12.1 Å². The third-order valence-corrected chi connectivity index (χ3v) is 4.80. The van der Waals surface area contributed by atoms with E-state index >= 15 is 0 Å². The van der Waals surface area contributed by atoms with Crippen molar-refractivity contribution in [3.8, 4) is 0 Å². The van der Waals surface area contributed by atoms with Crippen molar-refractivity contribution < 1.29 is 0 Å². The number of rotatable bonds is 1. The standard InChI is InChI=1S/C16H23N/c1-12-8-9-15(16(17)10-4-5-11-16)14-7-3-2-6-13(12)14/h8-9H,2-7,10-11,17H2,1H3. The van der Waals surface area contributed by atoms with Crippen LogP contribution in [-0.2, 0) is 18.4 Å². The van der Waals surface area contributed by atoms with Gasteiger partial charge in [-0.05, 0) is 67.7 Å². The van der Waals surface area contributed by atoms with Gasteiger partial charge in [0.2, 0.25) is 0 Å². The zero-order valence-corrected chi connectivity index (χ0v) is 10.9. The van der Waals surface area contributed by atoms with Gasteiger partial charge >= 0.3 is 0 Å². The summed E-state index contributed by atoms with van der Waals surface area (Å²) in [7, 11) is 0. The number of hydrogen-bond donors (Lipinski definition) is 1. The molecule has 0 aromatic heterocycles. The van der Waals surface area contributed by atoms with Gasteiger partial charge in [0.05, 0.1) is 0 Å². The summed E-state index contributed by atoms with van der Waals surface area (Å²) in [4.78, 5) is 0. The summed E-state index contributed by atoms with van der Waals surface area (Å²) >= 11 is 0. The number of nitrogens with two attached hydrogens (primary N) is 1. The summed E-state index contributed by atoms with van der Waals surface area (Å²) in [5.74, 6) is 0. The molecule has 2 aliphatic rings. The molecule has 1 fully saturated rings. The van der Waals surface area contributed by atoms with Crippen LogP contribution in [0.5, 0.6) is 0 Å². The second kappa shape index (κ2) is 4.13. The summed E-state index contributed by atoms with van der Waals surface area (Å²) < 4.78 is 0. The van der Waals surface area contributed by atoms with Crippen molar-refractivity contribution in [2.45, 2.75) is 63.8 Å². The van der Waals surface area contributed by atoms with Crippen LogP contribution in [0.25, 0.3) is 0 Å². The third kappa shape index (κ3) is 1.81. The van der Waals surface area contributed by atoms with Gasteiger partial charge in [-0.15, -0.1) is 0 Å². The van der Waals surface area contributed by atoms with Crippen molar-refractivity contribution in [3.63, 3.8) is 0 Å². The van der Waals surface area contributed by atoms with Gasteiger partial charge in [0.25, 0.3) is 0 Å². The van der Waals surface area contributed by atoms with Gasteiger partial charge in [0, 0.05) is 5.54 Å². The van der Waals surface area contributed by atoms with Gasteiger partial charge in [-0.1, -0.05) is 25.0 Å². The third-order valence-electron chi connectivity index (χ3n) is 4.80. The van der Waals surface area contributed by atoms with Crippen molar-refractivity contribution in [2.24, 2.45) is 5.73 Å². The fraction of sp³-hybridized carbons (Fsp3) is 0.625. The molecule has 0 heterocycles. The molecule has 1 nitrogen and oxygen atoms in total. The molecule has 0 unspecified atom stereocenters. The van der Waals surface area contributed by atoms with E-state index in [9.17, 15) is 0 Å². The van der Waals surface area contributed by atoms with Gasteiger partial charge in [0.15, 0.2) is 0 Å². The number of fused-ring (bicyclic) bond motifs is 1. The molecule has 0 bridgehead atoms. The lowest BCUT2D eigenvalue weighted by atomic mass is 9.78. The summed E-state index contributed by atoms with van der Waals surface area (Å²) in [6.07, 6.45) is 10.2. The molecule has 1 saturated carbocycles. The van der Waals surface area contributed by atoms with Gasteiger partial charge < -0.3 is 5.73 Å². The molecule has 17 heavy (non-hydrogen) atoms. The molecule has 0 aliphatic heterocycles. The monoisotopic (exact) mass is 229 g/mol. The molecule has 3 rings (SSSR count). The topological polar surface area (TPSA) is 26.0 Å². The van der Waals surface area contributed by atoms with E-state index in [1.807, 2.05) is 0 Å². The van der Waals surface area contributed by atoms with E-state index in [-0.39, 0.29) is 5.54 Å². The van der Waals surface area contributed by atoms with E-state index in [4.69, 9.17) is 5.73 Å². The normalized spacial score (nSPS) is 22.5. The largest absolute Gasteiger partial charge is 0.321 e. The molecular formula is C16H23N. The quantitative estimate of drug-likeness (QED) is 0.782. The maximum Gasteiger partial charge on any atom is 0.0412 e. The Labute approximate surface area is 104 Å². The van der Waals surface area contributed by atoms with Crippen molar-refractivity contribution in [1.29, 1.82) is 0 Å². The predicted molar refractivity (Wildman–Crippen MR) is 72.2 cm³/mol. The average molecular weight is 229 g/mol. The fourth-order valence-electron chi connectivity index (χ4n) is 3.79. The molecule has 0 saturated heterocycles. The van der Waals surface area contributed by atoms with Crippen LogP contribution >= 0.6 is 0 Å². The van der Waals surface area contributed by atoms with Gasteiger partial charge in [-0.2, -0.15) is 0 Å².